The molecule has 0 bridgehead atoms. The molecule has 0 saturated carbocycles. The molecule has 2 rings (SSSR count). The van der Waals surface area contributed by atoms with E-state index in [1.54, 1.807) is 0 Å². The van der Waals surface area contributed by atoms with Crippen LogP contribution in [0.1, 0.15) is 38.5 Å². The smallest absolute Gasteiger partial charge is 0.305 e. The van der Waals surface area contributed by atoms with E-state index in [0.29, 0.717) is 5.92 Å². The van der Waals surface area contributed by atoms with Crippen molar-refractivity contribution in [1.29, 1.82) is 0 Å². The van der Waals surface area contributed by atoms with E-state index < -0.39 is 5.97 Å². The zero-order chi connectivity index (χ0) is 13.0. The summed E-state index contributed by atoms with van der Waals surface area (Å²) in [5.41, 5.74) is 1.21. The number of carboxylic acid groups (broad SMARTS) is 1. The fourth-order valence-corrected chi connectivity index (χ4v) is 2.67. The molecule has 1 fully saturated rings. The number of piperidine rings is 1. The van der Waals surface area contributed by atoms with E-state index in [1.807, 2.05) is 0 Å². The number of carbonyl (C=O) groups excluding carboxylic acids is 1. The van der Waals surface area contributed by atoms with E-state index in [-0.39, 0.29) is 24.9 Å². The Bertz CT molecular complexity index is 365. The molecule has 1 aliphatic carbocycles. The van der Waals surface area contributed by atoms with Gasteiger partial charge in [0, 0.05) is 12.2 Å². The fourth-order valence-electron chi connectivity index (χ4n) is 2.67. The zero-order valence-electron chi connectivity index (χ0n) is 10.4. The highest BCUT2D eigenvalue weighted by Gasteiger charge is 2.29. The summed E-state index contributed by atoms with van der Waals surface area (Å²) in [4.78, 5) is 22.2. The van der Waals surface area contributed by atoms with E-state index in [9.17, 15) is 9.59 Å². The first kappa shape index (κ1) is 12.9. The van der Waals surface area contributed by atoms with Crippen molar-refractivity contribution < 1.29 is 14.7 Å². The number of amides is 1. The van der Waals surface area contributed by atoms with Gasteiger partial charge in [0.15, 0.2) is 0 Å². The first-order chi connectivity index (χ1) is 8.66. The van der Waals surface area contributed by atoms with Crippen LogP contribution in [-0.2, 0) is 9.59 Å². The molecule has 1 saturated heterocycles. The van der Waals surface area contributed by atoms with Crippen LogP contribution in [0.15, 0.2) is 11.8 Å². The predicted molar refractivity (Wildman–Crippen MR) is 66.8 cm³/mol. The third kappa shape index (κ3) is 3.24. The number of carbonyl (C=O) groups is 2. The summed E-state index contributed by atoms with van der Waals surface area (Å²) in [6.07, 6.45) is 7.61. The van der Waals surface area contributed by atoms with Crippen LogP contribution < -0.4 is 10.6 Å². The first-order valence-corrected chi connectivity index (χ1v) is 6.63. The largest absolute Gasteiger partial charge is 0.481 e. The van der Waals surface area contributed by atoms with Crippen molar-refractivity contribution in [2.75, 3.05) is 6.54 Å². The molecule has 5 nitrogen and oxygen atoms in total. The van der Waals surface area contributed by atoms with Crippen LogP contribution >= 0.6 is 0 Å². The second kappa shape index (κ2) is 5.89. The molecule has 1 heterocycles. The predicted octanol–water partition coefficient (Wildman–Crippen LogP) is 1.01. The highest BCUT2D eigenvalue weighted by Crippen LogP contribution is 2.31. The maximum absolute atomic E-state index is 11.9. The molecular formula is C13H20N2O3. The summed E-state index contributed by atoms with van der Waals surface area (Å²) < 4.78 is 0. The van der Waals surface area contributed by atoms with Crippen LogP contribution in [-0.4, -0.2) is 29.6 Å². The number of allylic oxidation sites excluding steroid dienone is 2. The normalized spacial score (nSPS) is 26.6. The number of hydrogen-bond acceptors (Lipinski definition) is 3. The Hall–Kier alpha value is -1.52. The lowest BCUT2D eigenvalue weighted by atomic mass is 9.83. The highest BCUT2D eigenvalue weighted by molar-refractivity contribution is 5.82. The van der Waals surface area contributed by atoms with Crippen LogP contribution in [0, 0.1) is 5.92 Å². The minimum atomic E-state index is -0.887. The number of carboxylic acids is 1. The molecule has 18 heavy (non-hydrogen) atoms. The van der Waals surface area contributed by atoms with Gasteiger partial charge in [0.2, 0.25) is 5.91 Å². The minimum Gasteiger partial charge on any atom is -0.481 e. The lowest BCUT2D eigenvalue weighted by Crippen LogP contribution is -2.48. The lowest BCUT2D eigenvalue weighted by Gasteiger charge is -2.34. The molecule has 100 valence electrons. The van der Waals surface area contributed by atoms with E-state index in [1.165, 1.54) is 18.5 Å². The Kier molecular flexibility index (Phi) is 4.23. The van der Waals surface area contributed by atoms with Crippen molar-refractivity contribution >= 4 is 11.9 Å². The second-order valence-electron chi connectivity index (χ2n) is 5.00. The van der Waals surface area contributed by atoms with Gasteiger partial charge in [-0.1, -0.05) is 6.08 Å². The van der Waals surface area contributed by atoms with Crippen LogP contribution in [0.4, 0.5) is 0 Å². The van der Waals surface area contributed by atoms with Gasteiger partial charge in [-0.15, -0.1) is 0 Å². The monoisotopic (exact) mass is 252 g/mol. The van der Waals surface area contributed by atoms with Crippen molar-refractivity contribution in [3.63, 3.8) is 0 Å². The molecule has 1 aliphatic heterocycles. The summed E-state index contributed by atoms with van der Waals surface area (Å²) >= 11 is 0. The standard InChI is InChI=1S/C13H20N2O3/c16-12(17)7-8-14-13(18)11-6-5-9-3-1-2-4-10(9)15-11/h4,9,11,15H,1-3,5-8H2,(H,14,18)(H,16,17). The molecule has 2 atom stereocenters. The quantitative estimate of drug-likeness (QED) is 0.698. The molecule has 0 spiro atoms. The third-order valence-electron chi connectivity index (χ3n) is 3.66. The van der Waals surface area contributed by atoms with Gasteiger partial charge < -0.3 is 15.7 Å². The van der Waals surface area contributed by atoms with Crippen molar-refractivity contribution in [3.05, 3.63) is 11.8 Å². The number of hydrogen-bond donors (Lipinski definition) is 3. The molecular weight excluding hydrogens is 232 g/mol. The third-order valence-corrected chi connectivity index (χ3v) is 3.66. The SMILES string of the molecule is O=C(O)CCNC(=O)C1CCC2CCCC=C2N1. The Morgan fingerprint density at radius 1 is 1.39 bits per heavy atom. The van der Waals surface area contributed by atoms with Crippen molar-refractivity contribution in [1.82, 2.24) is 10.6 Å². The number of fused-ring (bicyclic) bond motifs is 1. The van der Waals surface area contributed by atoms with E-state index in [4.69, 9.17) is 5.11 Å². The van der Waals surface area contributed by atoms with Gasteiger partial charge in [0.1, 0.15) is 6.04 Å². The van der Waals surface area contributed by atoms with Crippen LogP contribution in [0.3, 0.4) is 0 Å². The fraction of sp³-hybridized carbons (Fsp3) is 0.692. The van der Waals surface area contributed by atoms with Gasteiger partial charge in [-0.05, 0) is 38.0 Å². The van der Waals surface area contributed by atoms with E-state index >= 15 is 0 Å². The number of aliphatic carboxylic acids is 1. The van der Waals surface area contributed by atoms with Crippen LogP contribution in [0.2, 0.25) is 0 Å². The molecule has 2 aliphatic rings. The highest BCUT2D eigenvalue weighted by atomic mass is 16.4. The van der Waals surface area contributed by atoms with E-state index in [0.717, 1.165) is 19.3 Å². The molecule has 1 amide bonds. The summed E-state index contributed by atoms with van der Waals surface area (Å²) in [5.74, 6) is -0.370. The Morgan fingerprint density at radius 3 is 3.00 bits per heavy atom. The molecule has 0 aromatic rings. The average molecular weight is 252 g/mol. The summed E-state index contributed by atoms with van der Waals surface area (Å²) in [5, 5.41) is 14.5. The average Bonchev–Trinajstić information content (AvgIpc) is 2.37. The Labute approximate surface area is 107 Å². The molecule has 0 radical (unpaired) electrons. The maximum atomic E-state index is 11.9. The van der Waals surface area contributed by atoms with Crippen LogP contribution in [0.5, 0.6) is 0 Å². The van der Waals surface area contributed by atoms with Crippen molar-refractivity contribution in [3.8, 4) is 0 Å². The van der Waals surface area contributed by atoms with E-state index in [2.05, 4.69) is 16.7 Å². The van der Waals surface area contributed by atoms with Gasteiger partial charge in [0.25, 0.3) is 0 Å². The molecule has 3 N–H and O–H groups in total. The first-order valence-electron chi connectivity index (χ1n) is 6.63. The molecule has 0 aromatic heterocycles. The number of rotatable bonds is 4. The van der Waals surface area contributed by atoms with Gasteiger partial charge >= 0.3 is 5.97 Å². The van der Waals surface area contributed by atoms with Crippen molar-refractivity contribution in [2.24, 2.45) is 5.92 Å². The summed E-state index contributed by atoms with van der Waals surface area (Å²) in [6.45, 7) is 0.203. The molecule has 0 aromatic carbocycles. The molecule has 5 heteroatoms. The Balaban J connectivity index is 1.81. The van der Waals surface area contributed by atoms with Gasteiger partial charge in [-0.3, -0.25) is 9.59 Å². The lowest BCUT2D eigenvalue weighted by molar-refractivity contribution is -0.137. The van der Waals surface area contributed by atoms with Gasteiger partial charge in [0.05, 0.1) is 6.42 Å². The second-order valence-corrected chi connectivity index (χ2v) is 5.00. The molecule has 2 unspecified atom stereocenters. The van der Waals surface area contributed by atoms with Gasteiger partial charge in [-0.25, -0.2) is 0 Å². The zero-order valence-corrected chi connectivity index (χ0v) is 10.4. The summed E-state index contributed by atoms with van der Waals surface area (Å²) in [6, 6.07) is -0.195. The van der Waals surface area contributed by atoms with Gasteiger partial charge in [-0.2, -0.15) is 0 Å². The maximum Gasteiger partial charge on any atom is 0.305 e. The van der Waals surface area contributed by atoms with Crippen molar-refractivity contribution in [2.45, 2.75) is 44.6 Å². The topological polar surface area (TPSA) is 78.4 Å². The minimum absolute atomic E-state index is 0.0240. The van der Waals surface area contributed by atoms with Crippen LogP contribution in [0.25, 0.3) is 0 Å². The Morgan fingerprint density at radius 2 is 2.22 bits per heavy atom. The number of nitrogens with one attached hydrogen (secondary N) is 2. The summed E-state index contributed by atoms with van der Waals surface area (Å²) in [7, 11) is 0.